The summed E-state index contributed by atoms with van der Waals surface area (Å²) in [5.41, 5.74) is 9.01. The van der Waals surface area contributed by atoms with Crippen molar-refractivity contribution in [2.24, 2.45) is 0 Å². The number of aromatic nitrogens is 6. The number of hydrogen-bond donors (Lipinski definition) is 0. The standard InChI is InChI=1S/C57H30N12O3/c58-25-49-61-28-34(29-62-49)52-55(67-37-13-1-7-19-43(37)70-44-20-8-2-14-38(44)67)53(35-30-63-50(26-59)64-31-35)57(69-41-17-5-11-23-47(41)72-48-24-12-6-18-42(48)69)54(36-32-65-51(27-60)66-33-36)56(52)68-39-15-3-9-21-45(39)71-46-22-10-4-16-40(46)68/h1-24,28-33H. The molecule has 3 aromatic heterocycles. The van der Waals surface area contributed by atoms with Crippen molar-refractivity contribution >= 4 is 51.2 Å². The summed E-state index contributed by atoms with van der Waals surface area (Å²) in [4.78, 5) is 34.3. The van der Waals surface area contributed by atoms with E-state index >= 15 is 0 Å². The van der Waals surface area contributed by atoms with E-state index in [1.165, 1.54) is 0 Å². The molecular weight excluding hydrogens is 901 g/mol. The van der Waals surface area contributed by atoms with Crippen LogP contribution in [0.1, 0.15) is 17.5 Å². The zero-order valence-corrected chi connectivity index (χ0v) is 37.4. The maximum absolute atomic E-state index is 10.2. The number of hydrogen-bond acceptors (Lipinski definition) is 15. The van der Waals surface area contributed by atoms with Crippen LogP contribution in [0.4, 0.5) is 51.2 Å². The summed E-state index contributed by atoms with van der Waals surface area (Å²) >= 11 is 0. The number of fused-ring (bicyclic) bond motifs is 6. The van der Waals surface area contributed by atoms with Gasteiger partial charge in [0.25, 0.3) is 0 Å². The molecule has 0 saturated carbocycles. The van der Waals surface area contributed by atoms with Crippen molar-refractivity contribution in [3.63, 3.8) is 0 Å². The Hall–Kier alpha value is -11.0. The summed E-state index contributed by atoms with van der Waals surface area (Å²) in [5.74, 6) is 3.29. The average Bonchev–Trinajstić information content (AvgIpc) is 3.44. The largest absolute Gasteiger partial charge is 0.453 e. The molecule has 13 rings (SSSR count). The number of para-hydroxylation sites is 12. The molecule has 0 spiro atoms. The minimum absolute atomic E-state index is 0.0365. The van der Waals surface area contributed by atoms with E-state index in [4.69, 9.17) is 14.2 Å². The zero-order valence-electron chi connectivity index (χ0n) is 37.4. The fourth-order valence-electron chi connectivity index (χ4n) is 9.58. The highest BCUT2D eigenvalue weighted by Crippen LogP contribution is 2.67. The highest BCUT2D eigenvalue weighted by molar-refractivity contribution is 6.19. The molecule has 72 heavy (non-hydrogen) atoms. The maximum atomic E-state index is 10.2. The summed E-state index contributed by atoms with van der Waals surface area (Å²) in [7, 11) is 0. The van der Waals surface area contributed by atoms with Gasteiger partial charge in [-0.3, -0.25) is 0 Å². The van der Waals surface area contributed by atoms with E-state index in [1.54, 1.807) is 37.2 Å². The third kappa shape index (κ3) is 6.49. The van der Waals surface area contributed by atoms with Crippen LogP contribution in [0, 0.1) is 34.0 Å². The van der Waals surface area contributed by atoms with Gasteiger partial charge in [0.05, 0.1) is 51.2 Å². The van der Waals surface area contributed by atoms with Crippen LogP contribution in [0.15, 0.2) is 183 Å². The van der Waals surface area contributed by atoms with Crippen LogP contribution in [0.3, 0.4) is 0 Å². The second kappa shape index (κ2) is 16.7. The smallest absolute Gasteiger partial charge is 0.232 e. The Morgan fingerprint density at radius 2 is 0.486 bits per heavy atom. The molecule has 0 unspecified atom stereocenters. The Labute approximate surface area is 410 Å². The van der Waals surface area contributed by atoms with E-state index in [9.17, 15) is 15.8 Å². The van der Waals surface area contributed by atoms with Gasteiger partial charge in [-0.2, -0.15) is 15.8 Å². The van der Waals surface area contributed by atoms with E-state index < -0.39 is 0 Å². The van der Waals surface area contributed by atoms with Crippen LogP contribution >= 0.6 is 0 Å². The van der Waals surface area contributed by atoms with Crippen LogP contribution in [0.2, 0.25) is 0 Å². The lowest BCUT2D eigenvalue weighted by molar-refractivity contribution is 0.477. The van der Waals surface area contributed by atoms with Crippen molar-refractivity contribution < 1.29 is 14.2 Å². The van der Waals surface area contributed by atoms with Crippen molar-refractivity contribution in [1.82, 2.24) is 29.9 Å². The lowest BCUT2D eigenvalue weighted by atomic mass is 9.85. The van der Waals surface area contributed by atoms with Gasteiger partial charge in [-0.05, 0) is 72.8 Å². The molecule has 0 saturated heterocycles. The van der Waals surface area contributed by atoms with E-state index in [2.05, 4.69) is 62.8 Å². The Morgan fingerprint density at radius 1 is 0.292 bits per heavy atom. The van der Waals surface area contributed by atoms with Crippen molar-refractivity contribution in [3.05, 3.63) is 200 Å². The van der Waals surface area contributed by atoms with Gasteiger partial charge < -0.3 is 28.9 Å². The molecule has 0 bridgehead atoms. The molecule has 0 fully saturated rings. The molecule has 0 aliphatic carbocycles. The Morgan fingerprint density at radius 3 is 0.681 bits per heavy atom. The topological polar surface area (TPSA) is 186 Å². The van der Waals surface area contributed by atoms with Crippen molar-refractivity contribution in [2.45, 2.75) is 0 Å². The third-order valence-electron chi connectivity index (χ3n) is 12.5. The van der Waals surface area contributed by atoms with Gasteiger partial charge in [-0.1, -0.05) is 72.8 Å². The van der Waals surface area contributed by atoms with Crippen LogP contribution in [0.25, 0.3) is 33.4 Å². The normalized spacial score (nSPS) is 12.4. The van der Waals surface area contributed by atoms with E-state index in [-0.39, 0.29) is 17.5 Å². The molecule has 15 nitrogen and oxygen atoms in total. The average molecular weight is 931 g/mol. The van der Waals surface area contributed by atoms with Gasteiger partial charge in [0.2, 0.25) is 17.5 Å². The summed E-state index contributed by atoms with van der Waals surface area (Å²) in [6.45, 7) is 0. The molecular formula is C57H30N12O3. The van der Waals surface area contributed by atoms with Crippen molar-refractivity contribution in [1.29, 1.82) is 15.8 Å². The SMILES string of the molecule is N#Cc1ncc(-c2c(N3c4ccccc4Oc4ccccc43)c(-c3cnc(C#N)nc3)c(N3c4ccccc4Oc4ccccc43)c(-c3cnc(C#N)nc3)c2N2c3ccccc3Oc3ccccc32)cn1. The monoisotopic (exact) mass is 930 g/mol. The van der Waals surface area contributed by atoms with E-state index in [0.29, 0.717) is 119 Å². The summed E-state index contributed by atoms with van der Waals surface area (Å²) in [6.07, 6.45) is 9.84. The lowest BCUT2D eigenvalue weighted by Gasteiger charge is -2.43. The molecule has 336 valence electrons. The first-order valence-electron chi connectivity index (χ1n) is 22.5. The van der Waals surface area contributed by atoms with Gasteiger partial charge in [0.1, 0.15) is 18.2 Å². The summed E-state index contributed by atoms with van der Waals surface area (Å²) in [6, 6.07) is 53.0. The number of nitrogens with zero attached hydrogens (tertiary/aromatic N) is 12. The number of nitriles is 3. The molecule has 10 aromatic rings. The highest BCUT2D eigenvalue weighted by Gasteiger charge is 2.42. The summed E-state index contributed by atoms with van der Waals surface area (Å²) in [5, 5.41) is 30.5. The van der Waals surface area contributed by atoms with Crippen LogP contribution in [0.5, 0.6) is 34.5 Å². The van der Waals surface area contributed by atoms with Crippen LogP contribution in [-0.4, -0.2) is 29.9 Å². The molecule has 7 aromatic carbocycles. The molecule has 6 heterocycles. The molecule has 0 radical (unpaired) electrons. The minimum atomic E-state index is -0.0365. The fourth-order valence-corrected chi connectivity index (χ4v) is 9.58. The molecule has 15 heteroatoms. The van der Waals surface area contributed by atoms with Gasteiger partial charge in [0, 0.05) is 70.6 Å². The predicted molar refractivity (Wildman–Crippen MR) is 268 cm³/mol. The van der Waals surface area contributed by atoms with Crippen molar-refractivity contribution in [3.8, 4) is 86.1 Å². The Kier molecular flexibility index (Phi) is 9.56. The van der Waals surface area contributed by atoms with Gasteiger partial charge in [-0.25, -0.2) is 29.9 Å². The van der Waals surface area contributed by atoms with Gasteiger partial charge >= 0.3 is 0 Å². The minimum Gasteiger partial charge on any atom is -0.453 e. The first-order valence-corrected chi connectivity index (χ1v) is 22.5. The number of rotatable bonds is 6. The number of ether oxygens (including phenoxy) is 3. The molecule has 0 atom stereocenters. The quantitative estimate of drug-likeness (QED) is 0.153. The van der Waals surface area contributed by atoms with Crippen LogP contribution < -0.4 is 28.9 Å². The second-order valence-corrected chi connectivity index (χ2v) is 16.5. The molecule has 0 N–H and O–H groups in total. The van der Waals surface area contributed by atoms with E-state index in [1.807, 2.05) is 146 Å². The molecule has 3 aliphatic rings. The number of benzene rings is 7. The second-order valence-electron chi connectivity index (χ2n) is 16.5. The first-order chi connectivity index (χ1) is 35.6. The first kappa shape index (κ1) is 41.3. The van der Waals surface area contributed by atoms with Gasteiger partial charge in [-0.15, -0.1) is 0 Å². The molecule has 0 amide bonds. The van der Waals surface area contributed by atoms with Gasteiger partial charge in [0.15, 0.2) is 34.5 Å². The lowest BCUT2D eigenvalue weighted by Crippen LogP contribution is -2.25. The molecule has 3 aliphatic heterocycles. The summed E-state index contributed by atoms with van der Waals surface area (Å²) < 4.78 is 20.1. The number of anilines is 9. The van der Waals surface area contributed by atoms with Crippen molar-refractivity contribution in [2.75, 3.05) is 14.7 Å². The highest BCUT2D eigenvalue weighted by atomic mass is 16.5. The third-order valence-corrected chi connectivity index (χ3v) is 12.5. The van der Waals surface area contributed by atoms with Crippen LogP contribution in [-0.2, 0) is 0 Å². The fraction of sp³-hybridized carbons (Fsp3) is 0. The Bertz CT molecular complexity index is 3410. The Balaban J connectivity index is 1.35. The zero-order chi connectivity index (χ0) is 48.3. The predicted octanol–water partition coefficient (Wildman–Crippen LogP) is 13.4. The maximum Gasteiger partial charge on any atom is 0.232 e. The van der Waals surface area contributed by atoms with E-state index in [0.717, 1.165) is 0 Å².